The van der Waals surface area contributed by atoms with Crippen molar-refractivity contribution in [3.63, 3.8) is 0 Å². The third kappa shape index (κ3) is 3.18. The summed E-state index contributed by atoms with van der Waals surface area (Å²) in [6.07, 6.45) is 4.53. The lowest BCUT2D eigenvalue weighted by molar-refractivity contribution is 0.437. The van der Waals surface area contributed by atoms with Gasteiger partial charge in [-0.05, 0) is 31.5 Å². The van der Waals surface area contributed by atoms with Crippen LogP contribution in [0, 0.1) is 0 Å². The van der Waals surface area contributed by atoms with Gasteiger partial charge in [-0.1, -0.05) is 6.42 Å². The molecule has 0 aromatic heterocycles. The Balaban J connectivity index is 2.67. The summed E-state index contributed by atoms with van der Waals surface area (Å²) in [6.45, 7) is 0. The van der Waals surface area contributed by atoms with Gasteiger partial charge in [0, 0.05) is 6.26 Å². The van der Waals surface area contributed by atoms with E-state index in [1.807, 2.05) is 0 Å². The zero-order chi connectivity index (χ0) is 9.90. The van der Waals surface area contributed by atoms with Gasteiger partial charge in [0.1, 0.15) is 9.84 Å². The van der Waals surface area contributed by atoms with E-state index in [0.29, 0.717) is 6.42 Å². The minimum Gasteiger partial charge on any atom is -0.229 e. The van der Waals surface area contributed by atoms with Crippen molar-refractivity contribution in [1.82, 2.24) is 0 Å². The molecule has 1 rings (SSSR count). The summed E-state index contributed by atoms with van der Waals surface area (Å²) in [5.41, 5.74) is 0. The fraction of sp³-hybridized carbons (Fsp3) is 0.875. The molecule has 2 unspecified atom stereocenters. The molecular weight excluding hydrogens is 206 g/mol. The average molecular weight is 219 g/mol. The molecular formula is C8H13NO2S2. The minimum absolute atomic E-state index is 0.0750. The van der Waals surface area contributed by atoms with E-state index >= 15 is 0 Å². The van der Waals surface area contributed by atoms with E-state index < -0.39 is 9.84 Å². The second-order valence-electron chi connectivity index (χ2n) is 3.49. The lowest BCUT2D eigenvalue weighted by Crippen LogP contribution is -2.29. The smallest absolute Gasteiger partial charge is 0.150 e. The monoisotopic (exact) mass is 219 g/mol. The van der Waals surface area contributed by atoms with E-state index in [0.717, 1.165) is 19.3 Å². The third-order valence-electron chi connectivity index (χ3n) is 2.44. The largest absolute Gasteiger partial charge is 0.229 e. The highest BCUT2D eigenvalue weighted by atomic mass is 32.2. The molecule has 0 saturated heterocycles. The van der Waals surface area contributed by atoms with Crippen molar-refractivity contribution in [2.45, 2.75) is 37.0 Å². The standard InChI is InChI=1S/C8H13NO2S2/c1-13(10,11)8-4-2-3-7(5-8)9-6-12/h7-8H,2-5H2,1H3. The first-order valence-electron chi connectivity index (χ1n) is 4.30. The number of nitrogens with zero attached hydrogens (tertiary/aromatic N) is 1. The van der Waals surface area contributed by atoms with E-state index in [4.69, 9.17) is 0 Å². The lowest BCUT2D eigenvalue weighted by atomic mass is 9.96. The Morgan fingerprint density at radius 2 is 2.15 bits per heavy atom. The summed E-state index contributed by atoms with van der Waals surface area (Å²) in [5, 5.41) is 2.10. The van der Waals surface area contributed by atoms with Crippen molar-refractivity contribution in [3.8, 4) is 0 Å². The number of isothiocyanates is 1. The molecule has 0 bridgehead atoms. The van der Waals surface area contributed by atoms with Crippen molar-refractivity contribution in [2.75, 3.05) is 6.26 Å². The first-order chi connectivity index (χ1) is 6.04. The van der Waals surface area contributed by atoms with Gasteiger partial charge in [0.2, 0.25) is 0 Å². The number of thiocarbonyl (C=S) groups is 1. The van der Waals surface area contributed by atoms with Gasteiger partial charge in [-0.2, -0.15) is 0 Å². The van der Waals surface area contributed by atoms with Crippen LogP contribution in [0.1, 0.15) is 25.7 Å². The molecule has 1 aliphatic carbocycles. The van der Waals surface area contributed by atoms with Crippen LogP contribution < -0.4 is 0 Å². The molecule has 0 N–H and O–H groups in total. The molecule has 0 spiro atoms. The second kappa shape index (κ2) is 4.31. The van der Waals surface area contributed by atoms with Crippen LogP contribution in [-0.2, 0) is 9.84 Å². The number of hydrogen-bond donors (Lipinski definition) is 0. The highest BCUT2D eigenvalue weighted by molar-refractivity contribution is 7.91. The molecule has 0 radical (unpaired) electrons. The molecule has 13 heavy (non-hydrogen) atoms. The molecule has 0 aromatic rings. The van der Waals surface area contributed by atoms with E-state index in [1.54, 1.807) is 0 Å². The first-order valence-corrected chi connectivity index (χ1v) is 6.66. The van der Waals surface area contributed by atoms with E-state index in [1.165, 1.54) is 6.26 Å². The van der Waals surface area contributed by atoms with Gasteiger partial charge < -0.3 is 0 Å². The van der Waals surface area contributed by atoms with Gasteiger partial charge in [-0.25, -0.2) is 13.4 Å². The molecule has 0 aliphatic heterocycles. The summed E-state index contributed by atoms with van der Waals surface area (Å²) in [6, 6.07) is 0.0750. The van der Waals surface area contributed by atoms with Crippen molar-refractivity contribution >= 4 is 27.2 Å². The molecule has 1 aliphatic rings. The predicted octanol–water partition coefficient (Wildman–Crippen LogP) is 1.45. The van der Waals surface area contributed by atoms with Crippen LogP contribution in [0.5, 0.6) is 0 Å². The third-order valence-corrected chi connectivity index (χ3v) is 4.18. The van der Waals surface area contributed by atoms with Crippen LogP contribution in [0.3, 0.4) is 0 Å². The number of sulfone groups is 1. The van der Waals surface area contributed by atoms with Crippen LogP contribution in [0.15, 0.2) is 4.99 Å². The summed E-state index contributed by atoms with van der Waals surface area (Å²) in [7, 11) is -2.90. The van der Waals surface area contributed by atoms with E-state index in [9.17, 15) is 8.42 Å². The molecule has 0 heterocycles. The van der Waals surface area contributed by atoms with Gasteiger partial charge in [-0.3, -0.25) is 0 Å². The zero-order valence-electron chi connectivity index (χ0n) is 7.56. The Bertz CT molecular complexity index is 317. The van der Waals surface area contributed by atoms with Crippen LogP contribution >= 0.6 is 12.2 Å². The Kier molecular flexibility index (Phi) is 3.59. The molecule has 0 aromatic carbocycles. The second-order valence-corrected chi connectivity index (χ2v) is 6.00. The van der Waals surface area contributed by atoms with Gasteiger partial charge in [0.25, 0.3) is 0 Å². The molecule has 74 valence electrons. The van der Waals surface area contributed by atoms with Crippen molar-refractivity contribution in [2.24, 2.45) is 4.99 Å². The SMILES string of the molecule is CS(=O)(=O)C1CCCC(N=C=S)C1. The summed E-state index contributed by atoms with van der Waals surface area (Å²) in [5.74, 6) is 0. The number of rotatable bonds is 2. The highest BCUT2D eigenvalue weighted by Gasteiger charge is 2.28. The maximum atomic E-state index is 11.2. The maximum absolute atomic E-state index is 11.2. The Hall–Kier alpha value is -0.250. The normalized spacial score (nSPS) is 29.3. The van der Waals surface area contributed by atoms with Crippen LogP contribution in [0.4, 0.5) is 0 Å². The van der Waals surface area contributed by atoms with E-state index in [2.05, 4.69) is 22.4 Å². The summed E-state index contributed by atoms with van der Waals surface area (Å²) < 4.78 is 22.5. The molecule has 1 fully saturated rings. The van der Waals surface area contributed by atoms with Gasteiger partial charge in [0.05, 0.1) is 16.5 Å². The first kappa shape index (κ1) is 10.8. The number of hydrogen-bond acceptors (Lipinski definition) is 4. The Morgan fingerprint density at radius 3 is 2.69 bits per heavy atom. The Morgan fingerprint density at radius 1 is 1.46 bits per heavy atom. The van der Waals surface area contributed by atoms with Crippen LogP contribution in [0.2, 0.25) is 0 Å². The van der Waals surface area contributed by atoms with Crippen molar-refractivity contribution < 1.29 is 8.42 Å². The molecule has 1 saturated carbocycles. The van der Waals surface area contributed by atoms with Crippen molar-refractivity contribution in [3.05, 3.63) is 0 Å². The highest BCUT2D eigenvalue weighted by Crippen LogP contribution is 2.25. The van der Waals surface area contributed by atoms with Gasteiger partial charge >= 0.3 is 0 Å². The fourth-order valence-electron chi connectivity index (χ4n) is 1.70. The van der Waals surface area contributed by atoms with Crippen LogP contribution in [-0.4, -0.2) is 31.1 Å². The average Bonchev–Trinajstić information content (AvgIpc) is 2.04. The van der Waals surface area contributed by atoms with Crippen molar-refractivity contribution in [1.29, 1.82) is 0 Å². The zero-order valence-corrected chi connectivity index (χ0v) is 9.20. The fourth-order valence-corrected chi connectivity index (χ4v) is 3.02. The van der Waals surface area contributed by atoms with Gasteiger partial charge in [0.15, 0.2) is 0 Å². The molecule has 0 amide bonds. The quantitative estimate of drug-likeness (QED) is 0.521. The molecule has 2 atom stereocenters. The van der Waals surface area contributed by atoms with E-state index in [-0.39, 0.29) is 11.3 Å². The predicted molar refractivity (Wildman–Crippen MR) is 55.9 cm³/mol. The molecule has 5 heteroatoms. The van der Waals surface area contributed by atoms with Crippen LogP contribution in [0.25, 0.3) is 0 Å². The topological polar surface area (TPSA) is 46.5 Å². The Labute approximate surface area is 84.2 Å². The van der Waals surface area contributed by atoms with Gasteiger partial charge in [-0.15, -0.1) is 0 Å². The lowest BCUT2D eigenvalue weighted by Gasteiger charge is -2.24. The minimum atomic E-state index is -2.90. The summed E-state index contributed by atoms with van der Waals surface area (Å²) in [4.78, 5) is 3.95. The number of aliphatic imine (C=N–C) groups is 1. The summed E-state index contributed by atoms with van der Waals surface area (Å²) >= 11 is 4.50. The maximum Gasteiger partial charge on any atom is 0.150 e. The molecule has 3 nitrogen and oxygen atoms in total.